The van der Waals surface area contributed by atoms with Crippen LogP contribution in [0.5, 0.6) is 5.75 Å². The van der Waals surface area contributed by atoms with Gasteiger partial charge in [0.1, 0.15) is 11.6 Å². The zero-order chi connectivity index (χ0) is 29.1. The monoisotopic (exact) mass is 604 g/mol. The quantitative estimate of drug-likeness (QED) is 0.266. The van der Waals surface area contributed by atoms with Crippen LogP contribution in [0.15, 0.2) is 76.8 Å². The summed E-state index contributed by atoms with van der Waals surface area (Å²) in [5.74, 6) is 1.24. The number of hydrogen-bond donors (Lipinski definition) is 1. The molecule has 1 saturated heterocycles. The van der Waals surface area contributed by atoms with Crippen molar-refractivity contribution in [1.29, 1.82) is 0 Å². The fourth-order valence-electron chi connectivity index (χ4n) is 5.48. The summed E-state index contributed by atoms with van der Waals surface area (Å²) in [6.45, 7) is 14.3. The van der Waals surface area contributed by atoms with Crippen molar-refractivity contribution in [2.24, 2.45) is 9.94 Å². The van der Waals surface area contributed by atoms with E-state index in [0.29, 0.717) is 25.3 Å². The maximum Gasteiger partial charge on any atom is 0.182 e. The predicted molar refractivity (Wildman–Crippen MR) is 167 cm³/mol. The number of benzene rings is 3. The van der Waals surface area contributed by atoms with Crippen LogP contribution in [0.3, 0.4) is 0 Å². The molecule has 1 fully saturated rings. The van der Waals surface area contributed by atoms with Crippen molar-refractivity contribution in [2.75, 3.05) is 19.7 Å². The van der Waals surface area contributed by atoms with Gasteiger partial charge in [-0.3, -0.25) is 4.79 Å². The number of Topliss-reactive ketones (excluding diaryl/α,β-unsaturated/α-hetero) is 1. The van der Waals surface area contributed by atoms with Gasteiger partial charge in [0.15, 0.2) is 5.78 Å². The SMILES string of the molecule is CC(C)(C)c1cc(C(=O)CN2C[C@H](COCc3ccccc3)[C@@H](c3ccccc3)C2=NBr)cc(C(C)(C)C)c1O. The van der Waals surface area contributed by atoms with E-state index in [0.717, 1.165) is 28.1 Å². The van der Waals surface area contributed by atoms with Crippen LogP contribution in [0.1, 0.15) is 80.1 Å². The summed E-state index contributed by atoms with van der Waals surface area (Å²) in [7, 11) is 0. The van der Waals surface area contributed by atoms with Crippen LogP contribution < -0.4 is 0 Å². The Bertz CT molecular complexity index is 1310. The average Bonchev–Trinajstić information content (AvgIpc) is 3.25. The van der Waals surface area contributed by atoms with Gasteiger partial charge in [0.2, 0.25) is 0 Å². The van der Waals surface area contributed by atoms with E-state index >= 15 is 0 Å². The third-order valence-electron chi connectivity index (χ3n) is 7.60. The zero-order valence-electron chi connectivity index (χ0n) is 24.4. The van der Waals surface area contributed by atoms with Gasteiger partial charge in [-0.2, -0.15) is 4.02 Å². The van der Waals surface area contributed by atoms with E-state index < -0.39 is 0 Å². The van der Waals surface area contributed by atoms with E-state index in [1.165, 1.54) is 0 Å². The van der Waals surface area contributed by atoms with Gasteiger partial charge in [0.25, 0.3) is 0 Å². The molecule has 4 rings (SSSR count). The molecule has 0 unspecified atom stereocenters. The molecule has 3 aromatic carbocycles. The van der Waals surface area contributed by atoms with Gasteiger partial charge < -0.3 is 14.7 Å². The molecule has 2 atom stereocenters. The molecule has 3 aromatic rings. The molecule has 1 aliphatic rings. The molecular formula is C34H41BrN2O3. The Morgan fingerprint density at radius 1 is 0.950 bits per heavy atom. The number of ether oxygens (including phenoxy) is 1. The Morgan fingerprint density at radius 3 is 2.02 bits per heavy atom. The van der Waals surface area contributed by atoms with Crippen LogP contribution in [0.2, 0.25) is 0 Å². The van der Waals surface area contributed by atoms with Gasteiger partial charge >= 0.3 is 0 Å². The van der Waals surface area contributed by atoms with Crippen molar-refractivity contribution >= 4 is 27.8 Å². The van der Waals surface area contributed by atoms with Crippen LogP contribution in [-0.2, 0) is 22.2 Å². The van der Waals surface area contributed by atoms with Gasteiger partial charge in [0.05, 0.1) is 35.9 Å². The Hall–Kier alpha value is -2.96. The van der Waals surface area contributed by atoms with E-state index in [1.807, 2.05) is 48.5 Å². The van der Waals surface area contributed by atoms with E-state index in [4.69, 9.17) is 4.74 Å². The molecule has 0 radical (unpaired) electrons. The average molecular weight is 606 g/mol. The Morgan fingerprint density at radius 2 is 1.50 bits per heavy atom. The number of ketones is 1. The second-order valence-electron chi connectivity index (χ2n) is 12.8. The highest BCUT2D eigenvalue weighted by molar-refractivity contribution is 9.08. The highest BCUT2D eigenvalue weighted by Gasteiger charge is 2.40. The lowest BCUT2D eigenvalue weighted by atomic mass is 9.78. The highest BCUT2D eigenvalue weighted by Crippen LogP contribution is 2.40. The molecule has 40 heavy (non-hydrogen) atoms. The molecule has 1 aliphatic heterocycles. The van der Waals surface area contributed by atoms with Crippen LogP contribution in [0.25, 0.3) is 0 Å². The molecule has 1 N–H and O–H groups in total. The van der Waals surface area contributed by atoms with Crippen molar-refractivity contribution in [2.45, 2.75) is 64.9 Å². The highest BCUT2D eigenvalue weighted by atomic mass is 79.9. The first-order valence-corrected chi connectivity index (χ1v) is 14.6. The molecule has 0 aliphatic carbocycles. The second kappa shape index (κ2) is 12.3. The summed E-state index contributed by atoms with van der Waals surface area (Å²) in [6.07, 6.45) is 0. The largest absolute Gasteiger partial charge is 0.507 e. The molecule has 5 nitrogen and oxygen atoms in total. The first-order chi connectivity index (χ1) is 18.9. The number of nitrogens with zero attached hydrogens (tertiary/aromatic N) is 2. The molecule has 0 amide bonds. The maximum atomic E-state index is 13.9. The lowest BCUT2D eigenvalue weighted by Gasteiger charge is -2.28. The van der Waals surface area contributed by atoms with Gasteiger partial charge in [0, 0.05) is 35.1 Å². The van der Waals surface area contributed by atoms with E-state index in [-0.39, 0.29) is 40.7 Å². The summed E-state index contributed by atoms with van der Waals surface area (Å²) in [4.78, 5) is 15.9. The first kappa shape index (κ1) is 30.0. The molecule has 6 heteroatoms. The number of halogens is 1. The van der Waals surface area contributed by atoms with E-state index in [1.54, 1.807) is 0 Å². The minimum absolute atomic E-state index is 0.000705. The van der Waals surface area contributed by atoms with Crippen LogP contribution in [0.4, 0.5) is 0 Å². The summed E-state index contributed by atoms with van der Waals surface area (Å²) in [6, 6.07) is 24.2. The van der Waals surface area contributed by atoms with E-state index in [9.17, 15) is 9.90 Å². The molecule has 0 aromatic heterocycles. The lowest BCUT2D eigenvalue weighted by Crippen LogP contribution is -2.32. The molecule has 0 bridgehead atoms. The van der Waals surface area contributed by atoms with Crippen molar-refractivity contribution in [3.8, 4) is 5.75 Å². The number of carbonyl (C=O) groups is 1. The molecule has 1 heterocycles. The summed E-state index contributed by atoms with van der Waals surface area (Å²) < 4.78 is 10.7. The van der Waals surface area contributed by atoms with Crippen molar-refractivity contribution in [3.63, 3.8) is 0 Å². The number of likely N-dealkylation sites (tertiary alicyclic amines) is 1. The topological polar surface area (TPSA) is 62.1 Å². The fourth-order valence-corrected chi connectivity index (χ4v) is 5.92. The standard InChI is InChI=1S/C34H41BrN2O3/c1-33(2,3)27-17-25(18-28(31(27)39)34(4,5)6)29(38)20-37-19-26(22-40-21-23-13-9-7-10-14-23)30(32(37)36-35)24-15-11-8-12-16-24/h7-18,26,30,39H,19-22H2,1-6H3/t26-,30-/m1/s1. The zero-order valence-corrected chi connectivity index (χ0v) is 26.0. The van der Waals surface area contributed by atoms with Crippen LogP contribution in [0, 0.1) is 5.92 Å². The Labute approximate surface area is 247 Å². The summed E-state index contributed by atoms with van der Waals surface area (Å²) in [5, 5.41) is 11.1. The van der Waals surface area contributed by atoms with Crippen molar-refractivity contribution < 1.29 is 14.6 Å². The molecule has 0 spiro atoms. The predicted octanol–water partition coefficient (Wildman–Crippen LogP) is 7.81. The Kier molecular flexibility index (Phi) is 9.21. The van der Waals surface area contributed by atoms with Gasteiger partial charge in [-0.15, -0.1) is 0 Å². The van der Waals surface area contributed by atoms with Gasteiger partial charge in [-0.1, -0.05) is 102 Å². The maximum absolute atomic E-state index is 13.9. The smallest absolute Gasteiger partial charge is 0.182 e. The fraction of sp³-hybridized carbons (Fsp3) is 0.412. The second-order valence-corrected chi connectivity index (χ2v) is 13.2. The Balaban J connectivity index is 1.61. The summed E-state index contributed by atoms with van der Waals surface area (Å²) in [5.41, 5.74) is 3.85. The number of aromatic hydroxyl groups is 1. The minimum Gasteiger partial charge on any atom is -0.507 e. The first-order valence-electron chi connectivity index (χ1n) is 13.9. The van der Waals surface area contributed by atoms with Crippen molar-refractivity contribution in [1.82, 2.24) is 4.90 Å². The third kappa shape index (κ3) is 6.84. The van der Waals surface area contributed by atoms with Gasteiger partial charge in [-0.05, 0) is 34.1 Å². The van der Waals surface area contributed by atoms with Crippen molar-refractivity contribution in [3.05, 3.63) is 101 Å². The molecule has 212 valence electrons. The number of carbonyl (C=O) groups excluding carboxylic acids is 1. The number of amidine groups is 1. The number of phenolic OH excluding ortho intramolecular Hbond substituents is 1. The molecule has 0 saturated carbocycles. The number of phenols is 1. The van der Waals surface area contributed by atoms with E-state index in [2.05, 4.69) is 90.9 Å². The lowest BCUT2D eigenvalue weighted by molar-refractivity contribution is 0.0826. The summed E-state index contributed by atoms with van der Waals surface area (Å²) >= 11 is 3.38. The molecular weight excluding hydrogens is 564 g/mol. The third-order valence-corrected chi connectivity index (χ3v) is 7.96. The number of rotatable bonds is 8. The van der Waals surface area contributed by atoms with Crippen LogP contribution >= 0.6 is 16.1 Å². The van der Waals surface area contributed by atoms with Gasteiger partial charge in [-0.25, -0.2) is 0 Å². The minimum atomic E-state index is -0.309. The van der Waals surface area contributed by atoms with Crippen LogP contribution in [-0.4, -0.2) is 41.3 Å². The normalized spacial score (nSPS) is 18.9. The number of hydrogen-bond acceptors (Lipinski definition) is 4.